The Bertz CT molecular complexity index is 547. The van der Waals surface area contributed by atoms with Crippen molar-refractivity contribution >= 4 is 22.3 Å². The van der Waals surface area contributed by atoms with Gasteiger partial charge in [0.05, 0.1) is 0 Å². The van der Waals surface area contributed by atoms with Crippen LogP contribution in [0.4, 0.5) is 10.9 Å². The zero-order valence-corrected chi connectivity index (χ0v) is 11.7. The maximum atomic E-state index is 4.69. The summed E-state index contributed by atoms with van der Waals surface area (Å²) in [6.07, 6.45) is 2.43. The molecule has 0 spiro atoms. The van der Waals surface area contributed by atoms with Crippen molar-refractivity contribution in [3.63, 3.8) is 0 Å². The lowest BCUT2D eigenvalue weighted by Gasteiger charge is -2.22. The van der Waals surface area contributed by atoms with Gasteiger partial charge in [0.2, 0.25) is 5.13 Å². The molecule has 6 heteroatoms. The third-order valence-corrected chi connectivity index (χ3v) is 4.00. The lowest BCUT2D eigenvalue weighted by molar-refractivity contribution is 0.455. The summed E-state index contributed by atoms with van der Waals surface area (Å²) in [7, 11) is 0. The average Bonchev–Trinajstić information content (AvgIpc) is 2.85. The standard InChI is InChI=1S/C13H17N5S/c1-9-17-18-13(19-9)16-12-6-2-5-11(15-12)10-4-3-7-14-8-10/h2,5-6,10,14H,3-4,7-8H2,1H3,(H,15,16,18)/t10-/m1/s1. The molecular weight excluding hydrogens is 258 g/mol. The number of anilines is 2. The first-order valence-electron chi connectivity index (χ1n) is 6.56. The molecule has 3 heterocycles. The van der Waals surface area contributed by atoms with E-state index in [4.69, 9.17) is 0 Å². The van der Waals surface area contributed by atoms with Gasteiger partial charge in [0.15, 0.2) is 0 Å². The van der Waals surface area contributed by atoms with E-state index in [1.165, 1.54) is 24.2 Å². The van der Waals surface area contributed by atoms with E-state index < -0.39 is 0 Å². The third-order valence-electron chi connectivity index (χ3n) is 3.25. The number of nitrogens with one attached hydrogen (secondary N) is 2. The molecule has 5 nitrogen and oxygen atoms in total. The van der Waals surface area contributed by atoms with Crippen molar-refractivity contribution in [2.75, 3.05) is 18.4 Å². The lowest BCUT2D eigenvalue weighted by atomic mass is 9.96. The van der Waals surface area contributed by atoms with Crippen molar-refractivity contribution in [3.05, 3.63) is 28.9 Å². The molecule has 19 heavy (non-hydrogen) atoms. The van der Waals surface area contributed by atoms with Gasteiger partial charge in [0, 0.05) is 18.2 Å². The second-order valence-electron chi connectivity index (χ2n) is 4.74. The second-order valence-corrected chi connectivity index (χ2v) is 5.92. The van der Waals surface area contributed by atoms with Gasteiger partial charge in [-0.1, -0.05) is 17.4 Å². The first-order chi connectivity index (χ1) is 9.31. The monoisotopic (exact) mass is 275 g/mol. The van der Waals surface area contributed by atoms with Crippen LogP contribution in [0.2, 0.25) is 0 Å². The predicted octanol–water partition coefficient (Wildman–Crippen LogP) is 2.45. The summed E-state index contributed by atoms with van der Waals surface area (Å²) in [5, 5.41) is 16.4. The normalized spacial score (nSPS) is 19.3. The molecule has 3 rings (SSSR count). The van der Waals surface area contributed by atoms with Crippen molar-refractivity contribution in [1.29, 1.82) is 0 Å². The average molecular weight is 275 g/mol. The topological polar surface area (TPSA) is 62.7 Å². The molecule has 1 atom stereocenters. The van der Waals surface area contributed by atoms with Gasteiger partial charge in [0.1, 0.15) is 10.8 Å². The summed E-state index contributed by atoms with van der Waals surface area (Å²) in [5.41, 5.74) is 1.15. The Hall–Kier alpha value is -1.53. The summed E-state index contributed by atoms with van der Waals surface area (Å²) < 4.78 is 0. The molecule has 2 aromatic rings. The molecule has 0 saturated carbocycles. The zero-order valence-electron chi connectivity index (χ0n) is 10.9. The van der Waals surface area contributed by atoms with Gasteiger partial charge in [-0.2, -0.15) is 0 Å². The number of rotatable bonds is 3. The van der Waals surface area contributed by atoms with Crippen LogP contribution >= 0.6 is 11.3 Å². The minimum atomic E-state index is 0.520. The van der Waals surface area contributed by atoms with Crippen molar-refractivity contribution in [3.8, 4) is 0 Å². The molecule has 2 aromatic heterocycles. The highest BCUT2D eigenvalue weighted by molar-refractivity contribution is 7.15. The summed E-state index contributed by atoms with van der Waals surface area (Å²) >= 11 is 1.54. The number of nitrogens with zero attached hydrogens (tertiary/aromatic N) is 3. The van der Waals surface area contributed by atoms with Gasteiger partial charge in [-0.15, -0.1) is 10.2 Å². The summed E-state index contributed by atoms with van der Waals surface area (Å²) in [4.78, 5) is 4.69. The highest BCUT2D eigenvalue weighted by Crippen LogP contribution is 2.24. The highest BCUT2D eigenvalue weighted by atomic mass is 32.1. The van der Waals surface area contributed by atoms with Gasteiger partial charge in [-0.05, 0) is 38.4 Å². The smallest absolute Gasteiger partial charge is 0.211 e. The van der Waals surface area contributed by atoms with Crippen molar-refractivity contribution in [2.45, 2.75) is 25.7 Å². The molecular formula is C13H17N5S. The van der Waals surface area contributed by atoms with Crippen LogP contribution < -0.4 is 10.6 Å². The Kier molecular flexibility index (Phi) is 3.70. The van der Waals surface area contributed by atoms with Crippen LogP contribution in [0.5, 0.6) is 0 Å². The maximum Gasteiger partial charge on any atom is 0.211 e. The van der Waals surface area contributed by atoms with Crippen LogP contribution in [0.1, 0.15) is 29.5 Å². The second kappa shape index (κ2) is 5.63. The van der Waals surface area contributed by atoms with Crippen LogP contribution in [-0.2, 0) is 0 Å². The largest absolute Gasteiger partial charge is 0.316 e. The molecule has 1 saturated heterocycles. The van der Waals surface area contributed by atoms with Gasteiger partial charge in [0.25, 0.3) is 0 Å². The zero-order chi connectivity index (χ0) is 13.1. The highest BCUT2D eigenvalue weighted by Gasteiger charge is 2.16. The Balaban J connectivity index is 1.75. The Morgan fingerprint density at radius 2 is 2.32 bits per heavy atom. The molecule has 0 aliphatic carbocycles. The van der Waals surface area contributed by atoms with Crippen LogP contribution in [0.3, 0.4) is 0 Å². The summed E-state index contributed by atoms with van der Waals surface area (Å²) in [6, 6.07) is 6.12. The fraction of sp³-hybridized carbons (Fsp3) is 0.462. The number of pyridine rings is 1. The van der Waals surface area contributed by atoms with Crippen LogP contribution in [-0.4, -0.2) is 28.3 Å². The van der Waals surface area contributed by atoms with Crippen LogP contribution in [0, 0.1) is 6.92 Å². The van der Waals surface area contributed by atoms with Crippen molar-refractivity contribution < 1.29 is 0 Å². The lowest BCUT2D eigenvalue weighted by Crippen LogP contribution is -2.28. The molecule has 0 aromatic carbocycles. The fourth-order valence-electron chi connectivity index (χ4n) is 2.31. The minimum Gasteiger partial charge on any atom is -0.316 e. The van der Waals surface area contributed by atoms with E-state index in [9.17, 15) is 0 Å². The number of piperidine rings is 1. The number of aromatic nitrogens is 3. The van der Waals surface area contributed by atoms with Gasteiger partial charge < -0.3 is 10.6 Å². The molecule has 1 fully saturated rings. The fourth-order valence-corrected chi connectivity index (χ4v) is 2.91. The number of aryl methyl sites for hydroxylation is 1. The van der Waals surface area contributed by atoms with Gasteiger partial charge in [-0.3, -0.25) is 0 Å². The molecule has 100 valence electrons. The molecule has 0 bridgehead atoms. The molecule has 0 radical (unpaired) electrons. The molecule has 2 N–H and O–H groups in total. The Morgan fingerprint density at radius 3 is 3.05 bits per heavy atom. The van der Waals surface area contributed by atoms with E-state index in [0.29, 0.717) is 5.92 Å². The first kappa shape index (κ1) is 12.5. The Morgan fingerprint density at radius 1 is 1.37 bits per heavy atom. The number of hydrogen-bond acceptors (Lipinski definition) is 6. The van der Waals surface area contributed by atoms with E-state index in [1.54, 1.807) is 0 Å². The number of hydrogen-bond donors (Lipinski definition) is 2. The first-order valence-corrected chi connectivity index (χ1v) is 7.38. The van der Waals surface area contributed by atoms with Gasteiger partial charge >= 0.3 is 0 Å². The Labute approximate surface area is 116 Å². The van der Waals surface area contributed by atoms with E-state index in [0.717, 1.165) is 34.7 Å². The van der Waals surface area contributed by atoms with Gasteiger partial charge in [-0.25, -0.2) is 4.98 Å². The maximum absolute atomic E-state index is 4.69. The van der Waals surface area contributed by atoms with Crippen molar-refractivity contribution in [1.82, 2.24) is 20.5 Å². The third kappa shape index (κ3) is 3.08. The predicted molar refractivity (Wildman–Crippen MR) is 77.0 cm³/mol. The van der Waals surface area contributed by atoms with Crippen LogP contribution in [0.15, 0.2) is 18.2 Å². The molecule has 0 unspecified atom stereocenters. The minimum absolute atomic E-state index is 0.520. The quantitative estimate of drug-likeness (QED) is 0.901. The van der Waals surface area contributed by atoms with Crippen LogP contribution in [0.25, 0.3) is 0 Å². The van der Waals surface area contributed by atoms with E-state index in [1.807, 2.05) is 19.1 Å². The molecule has 0 amide bonds. The van der Waals surface area contributed by atoms with E-state index in [-0.39, 0.29) is 0 Å². The van der Waals surface area contributed by atoms with Crippen molar-refractivity contribution in [2.24, 2.45) is 0 Å². The molecule has 1 aliphatic heterocycles. The van der Waals surface area contributed by atoms with E-state index >= 15 is 0 Å². The summed E-state index contributed by atoms with van der Waals surface area (Å²) in [5.74, 6) is 1.37. The molecule has 1 aliphatic rings. The van der Waals surface area contributed by atoms with E-state index in [2.05, 4.69) is 31.9 Å². The SMILES string of the molecule is Cc1nnc(Nc2cccc([C@@H]3CCCNC3)n2)s1. The summed E-state index contributed by atoms with van der Waals surface area (Å²) in [6.45, 7) is 4.09.